The van der Waals surface area contributed by atoms with Crippen molar-refractivity contribution in [3.8, 4) is 22.4 Å². The number of carbonyl (C=O) groups excluding carboxylic acids is 1. The van der Waals surface area contributed by atoms with E-state index >= 15 is 0 Å². The predicted molar refractivity (Wildman–Crippen MR) is 127 cm³/mol. The second-order valence-corrected chi connectivity index (χ2v) is 7.67. The van der Waals surface area contributed by atoms with Crippen molar-refractivity contribution in [1.29, 1.82) is 0 Å². The zero-order valence-electron chi connectivity index (χ0n) is 18.1. The molecular weight excluding hydrogens is 398 g/mol. The van der Waals surface area contributed by atoms with Crippen LogP contribution in [0.4, 0.5) is 0 Å². The summed E-state index contributed by atoms with van der Waals surface area (Å²) in [5.41, 5.74) is 4.40. The number of benzene rings is 3. The fourth-order valence-electron chi connectivity index (χ4n) is 3.75. The first-order valence-corrected chi connectivity index (χ1v) is 10.7. The lowest BCUT2D eigenvalue weighted by atomic mass is 9.95. The van der Waals surface area contributed by atoms with Gasteiger partial charge in [0.05, 0.1) is 11.7 Å². The molecule has 160 valence electrons. The van der Waals surface area contributed by atoms with Crippen LogP contribution in [0.5, 0.6) is 0 Å². The fourth-order valence-corrected chi connectivity index (χ4v) is 3.75. The number of aromatic amines is 1. The topological polar surface area (TPSA) is 74.8 Å². The minimum Gasteiger partial charge on any atom is -0.345 e. The Bertz CT molecular complexity index is 1260. The Morgan fingerprint density at radius 3 is 2.09 bits per heavy atom. The Labute approximate surface area is 187 Å². The van der Waals surface area contributed by atoms with Gasteiger partial charge in [-0.2, -0.15) is 5.10 Å². The molecule has 0 aliphatic rings. The van der Waals surface area contributed by atoms with Gasteiger partial charge in [0, 0.05) is 11.1 Å². The molecule has 5 heteroatoms. The van der Waals surface area contributed by atoms with Crippen LogP contribution in [-0.4, -0.2) is 16.1 Å². The fraction of sp³-hybridized carbons (Fsp3) is 0.148. The van der Waals surface area contributed by atoms with E-state index in [0.717, 1.165) is 23.1 Å². The minimum absolute atomic E-state index is 0.0575. The van der Waals surface area contributed by atoms with Gasteiger partial charge in [0.1, 0.15) is 5.56 Å². The first-order valence-electron chi connectivity index (χ1n) is 10.7. The third-order valence-corrected chi connectivity index (χ3v) is 5.56. The second-order valence-electron chi connectivity index (χ2n) is 7.67. The highest BCUT2D eigenvalue weighted by Crippen LogP contribution is 2.31. The summed E-state index contributed by atoms with van der Waals surface area (Å²) in [6.07, 6.45) is 0.954. The van der Waals surface area contributed by atoms with Gasteiger partial charge in [0.2, 0.25) is 0 Å². The highest BCUT2D eigenvalue weighted by molar-refractivity contribution is 6.03. The Morgan fingerprint density at radius 2 is 1.50 bits per heavy atom. The molecule has 32 heavy (non-hydrogen) atoms. The van der Waals surface area contributed by atoms with E-state index in [1.54, 1.807) is 0 Å². The molecule has 5 nitrogen and oxygen atoms in total. The lowest BCUT2D eigenvalue weighted by molar-refractivity contribution is 0.0939. The molecule has 1 unspecified atom stereocenters. The van der Waals surface area contributed by atoms with Crippen LogP contribution in [0.15, 0.2) is 89.7 Å². The molecule has 1 amide bonds. The van der Waals surface area contributed by atoms with Crippen molar-refractivity contribution in [2.45, 2.75) is 26.3 Å². The smallest absolute Gasteiger partial charge is 0.277 e. The molecule has 0 aliphatic heterocycles. The molecule has 0 saturated carbocycles. The number of aryl methyl sites for hydroxylation is 1. The zero-order chi connectivity index (χ0) is 22.5. The average Bonchev–Trinajstić information content (AvgIpc) is 2.84. The maximum absolute atomic E-state index is 13.4. The molecule has 1 aromatic heterocycles. The number of amides is 1. The van der Waals surface area contributed by atoms with Crippen molar-refractivity contribution in [1.82, 2.24) is 15.5 Å². The van der Waals surface area contributed by atoms with Crippen molar-refractivity contribution in [2.24, 2.45) is 0 Å². The minimum atomic E-state index is -0.519. The van der Waals surface area contributed by atoms with Gasteiger partial charge in [-0.05, 0) is 30.0 Å². The molecular formula is C27H25N3O2. The Balaban J connectivity index is 1.79. The third-order valence-electron chi connectivity index (χ3n) is 5.56. The van der Waals surface area contributed by atoms with Crippen LogP contribution < -0.4 is 10.9 Å². The number of hydrogen-bond donors (Lipinski definition) is 2. The van der Waals surface area contributed by atoms with E-state index in [1.165, 1.54) is 5.56 Å². The van der Waals surface area contributed by atoms with Crippen LogP contribution in [0.2, 0.25) is 0 Å². The Kier molecular flexibility index (Phi) is 6.26. The SMILES string of the molecule is CCc1ccc(C(C)NC(=O)c2c(-c3ccccc3)c(-c3ccccc3)n[nH]c2=O)cc1. The number of aromatic nitrogens is 2. The molecule has 0 saturated heterocycles. The van der Waals surface area contributed by atoms with Crippen molar-refractivity contribution >= 4 is 5.91 Å². The normalized spacial score (nSPS) is 11.7. The van der Waals surface area contributed by atoms with Gasteiger partial charge < -0.3 is 5.32 Å². The molecule has 4 rings (SSSR count). The Morgan fingerprint density at radius 1 is 0.906 bits per heavy atom. The first kappa shape index (κ1) is 21.2. The summed E-state index contributed by atoms with van der Waals surface area (Å²) in [4.78, 5) is 26.3. The van der Waals surface area contributed by atoms with Crippen LogP contribution in [-0.2, 0) is 6.42 Å². The van der Waals surface area contributed by atoms with Gasteiger partial charge in [-0.1, -0.05) is 91.9 Å². The molecule has 0 fully saturated rings. The van der Waals surface area contributed by atoms with E-state index in [0.29, 0.717) is 11.3 Å². The molecule has 0 radical (unpaired) electrons. The zero-order valence-corrected chi connectivity index (χ0v) is 18.1. The highest BCUT2D eigenvalue weighted by atomic mass is 16.2. The molecule has 0 aliphatic carbocycles. The lowest BCUT2D eigenvalue weighted by Gasteiger charge is -2.17. The average molecular weight is 424 g/mol. The molecule has 0 spiro atoms. The van der Waals surface area contributed by atoms with E-state index < -0.39 is 11.5 Å². The summed E-state index contributed by atoms with van der Waals surface area (Å²) in [6.45, 7) is 4.01. The maximum atomic E-state index is 13.4. The number of nitrogens with one attached hydrogen (secondary N) is 2. The third kappa shape index (κ3) is 4.37. The summed E-state index contributed by atoms with van der Waals surface area (Å²) in [5.74, 6) is -0.434. The number of hydrogen-bond acceptors (Lipinski definition) is 3. The standard InChI is InChI=1S/C27H25N3O2/c1-3-19-14-16-20(17-15-19)18(2)28-26(31)24-23(21-10-6-4-7-11-21)25(29-30-27(24)32)22-12-8-5-9-13-22/h4-18H,3H2,1-2H3,(H,28,31)(H,30,32). The summed E-state index contributed by atoms with van der Waals surface area (Å²) in [7, 11) is 0. The van der Waals surface area contributed by atoms with Crippen LogP contribution in [0, 0.1) is 0 Å². The molecule has 2 N–H and O–H groups in total. The van der Waals surface area contributed by atoms with E-state index in [-0.39, 0.29) is 11.6 Å². The van der Waals surface area contributed by atoms with Crippen LogP contribution in [0.1, 0.15) is 41.4 Å². The Hall–Kier alpha value is -3.99. The second kappa shape index (κ2) is 9.43. The summed E-state index contributed by atoms with van der Waals surface area (Å²) >= 11 is 0. The number of carbonyl (C=O) groups is 1. The van der Waals surface area contributed by atoms with E-state index in [4.69, 9.17) is 0 Å². The summed E-state index contributed by atoms with van der Waals surface area (Å²) < 4.78 is 0. The molecule has 1 heterocycles. The van der Waals surface area contributed by atoms with Gasteiger partial charge in [-0.3, -0.25) is 9.59 Å². The summed E-state index contributed by atoms with van der Waals surface area (Å²) in [5, 5.41) is 9.82. The van der Waals surface area contributed by atoms with Crippen LogP contribution in [0.25, 0.3) is 22.4 Å². The lowest BCUT2D eigenvalue weighted by Crippen LogP contribution is -2.33. The van der Waals surface area contributed by atoms with Gasteiger partial charge >= 0.3 is 0 Å². The summed E-state index contributed by atoms with van der Waals surface area (Å²) in [6, 6.07) is 26.8. The monoisotopic (exact) mass is 423 g/mol. The van der Waals surface area contributed by atoms with Gasteiger partial charge in [0.25, 0.3) is 11.5 Å². The van der Waals surface area contributed by atoms with Crippen molar-refractivity contribution in [3.05, 3.63) is 112 Å². The largest absolute Gasteiger partial charge is 0.345 e. The predicted octanol–water partition coefficient (Wildman–Crippen LogP) is 5.16. The molecule has 4 aromatic rings. The van der Waals surface area contributed by atoms with Gasteiger partial charge in [-0.25, -0.2) is 5.10 Å². The quantitative estimate of drug-likeness (QED) is 0.450. The van der Waals surface area contributed by atoms with Crippen molar-refractivity contribution in [2.75, 3.05) is 0 Å². The number of nitrogens with zero attached hydrogens (tertiary/aromatic N) is 1. The highest BCUT2D eigenvalue weighted by Gasteiger charge is 2.24. The first-order chi connectivity index (χ1) is 15.6. The molecule has 3 aromatic carbocycles. The van der Waals surface area contributed by atoms with E-state index in [2.05, 4.69) is 34.6 Å². The van der Waals surface area contributed by atoms with Gasteiger partial charge in [-0.15, -0.1) is 0 Å². The number of H-pyrrole nitrogens is 1. The molecule has 1 atom stereocenters. The van der Waals surface area contributed by atoms with E-state index in [1.807, 2.05) is 79.7 Å². The van der Waals surface area contributed by atoms with Crippen LogP contribution in [0.3, 0.4) is 0 Å². The van der Waals surface area contributed by atoms with Crippen molar-refractivity contribution in [3.63, 3.8) is 0 Å². The maximum Gasteiger partial charge on any atom is 0.277 e. The van der Waals surface area contributed by atoms with E-state index in [9.17, 15) is 9.59 Å². The van der Waals surface area contributed by atoms with Crippen LogP contribution >= 0.6 is 0 Å². The van der Waals surface area contributed by atoms with Crippen molar-refractivity contribution < 1.29 is 4.79 Å². The van der Waals surface area contributed by atoms with Gasteiger partial charge in [0.15, 0.2) is 0 Å². The molecule has 0 bridgehead atoms. The number of rotatable bonds is 6.